The zero-order chi connectivity index (χ0) is 39.0. The van der Waals surface area contributed by atoms with Gasteiger partial charge in [-0.25, -0.2) is 8.42 Å². The summed E-state index contributed by atoms with van der Waals surface area (Å²) in [6.07, 6.45) is 12.2. The summed E-state index contributed by atoms with van der Waals surface area (Å²) >= 11 is 0. The third-order valence-electron chi connectivity index (χ3n) is 8.39. The number of hydrogen-bond donors (Lipinski definition) is 1. The van der Waals surface area contributed by atoms with Crippen molar-refractivity contribution >= 4 is 29.6 Å². The summed E-state index contributed by atoms with van der Waals surface area (Å²) in [4.78, 5) is 2.88. The maximum absolute atomic E-state index is 12.5. The molecule has 0 fully saturated rings. The van der Waals surface area contributed by atoms with Gasteiger partial charge in [0.1, 0.15) is 0 Å². The van der Waals surface area contributed by atoms with E-state index in [0.29, 0.717) is 23.8 Å². The molecular formula is C43H58ClN2O4S2+. The molecule has 0 saturated heterocycles. The van der Waals surface area contributed by atoms with E-state index >= 15 is 0 Å². The van der Waals surface area contributed by atoms with Crippen molar-refractivity contribution in [1.29, 1.82) is 0 Å². The Labute approximate surface area is 319 Å². The molecule has 4 rings (SSSR count). The lowest BCUT2D eigenvalue weighted by Crippen LogP contribution is -2.21. The Bertz CT molecular complexity index is 1740. The number of rotatable bonds is 15. The van der Waals surface area contributed by atoms with E-state index in [2.05, 4.69) is 57.5 Å². The molecule has 0 amide bonds. The minimum atomic E-state index is -3.58. The molecule has 0 bridgehead atoms. The molecule has 2 atom stereocenters. The predicted molar refractivity (Wildman–Crippen MR) is 224 cm³/mol. The Morgan fingerprint density at radius 3 is 1.63 bits per heavy atom. The first kappa shape index (κ1) is 46.4. The Balaban J connectivity index is 0.000000382. The Morgan fingerprint density at radius 1 is 0.769 bits per heavy atom. The van der Waals surface area contributed by atoms with Crippen LogP contribution < -0.4 is 5.73 Å². The smallest absolute Gasteiger partial charge is 0.295 e. The van der Waals surface area contributed by atoms with Gasteiger partial charge < -0.3 is 10.6 Å². The molecule has 2 unspecified atom stereocenters. The van der Waals surface area contributed by atoms with E-state index in [1.807, 2.05) is 79.7 Å². The lowest BCUT2D eigenvalue weighted by molar-refractivity contribution is 0.321. The molecule has 282 valence electrons. The largest absolute Gasteiger partial charge is 0.330 e. The highest BCUT2D eigenvalue weighted by Crippen LogP contribution is 2.26. The molecule has 0 aromatic heterocycles. The van der Waals surface area contributed by atoms with Crippen molar-refractivity contribution in [2.45, 2.75) is 63.7 Å². The van der Waals surface area contributed by atoms with Crippen molar-refractivity contribution in [3.63, 3.8) is 0 Å². The average molecular weight is 767 g/mol. The zero-order valence-electron chi connectivity index (χ0n) is 31.3. The zero-order valence-corrected chi connectivity index (χ0v) is 33.7. The number of benzene rings is 3. The molecule has 0 saturated carbocycles. The second kappa shape index (κ2) is 25.3. The summed E-state index contributed by atoms with van der Waals surface area (Å²) in [6.45, 7) is 23.9. The van der Waals surface area contributed by atoms with Crippen LogP contribution in [0.2, 0.25) is 0 Å². The van der Waals surface area contributed by atoms with Gasteiger partial charge in [-0.15, -0.1) is 13.2 Å². The number of nitrogens with two attached hydrogens (primary N) is 1. The molecule has 2 N–H and O–H groups in total. The van der Waals surface area contributed by atoms with Crippen LogP contribution in [0.1, 0.15) is 68.6 Å². The summed E-state index contributed by atoms with van der Waals surface area (Å²) in [7, 11) is -1.75. The van der Waals surface area contributed by atoms with Crippen LogP contribution in [-0.2, 0) is 18.9 Å². The van der Waals surface area contributed by atoms with Crippen LogP contribution in [0.15, 0.2) is 150 Å². The van der Waals surface area contributed by atoms with Crippen molar-refractivity contribution in [2.24, 2.45) is 5.73 Å². The fraction of sp³-hybridized carbons (Fsp3) is 0.326. The molecule has 3 aromatic rings. The van der Waals surface area contributed by atoms with Crippen molar-refractivity contribution in [1.82, 2.24) is 4.90 Å². The second-order valence-electron chi connectivity index (χ2n) is 12.1. The third-order valence-corrected chi connectivity index (χ3v) is 11.5. The normalized spacial score (nSPS) is 13.4. The van der Waals surface area contributed by atoms with Gasteiger partial charge in [0.25, 0.3) is 9.05 Å². The summed E-state index contributed by atoms with van der Waals surface area (Å²) in [5, 5.41) is 0. The Kier molecular flexibility index (Phi) is 22.6. The van der Waals surface area contributed by atoms with Gasteiger partial charge in [0, 0.05) is 35.3 Å². The highest BCUT2D eigenvalue weighted by atomic mass is 35.7. The van der Waals surface area contributed by atoms with Gasteiger partial charge in [-0.3, -0.25) is 0 Å². The standard InChI is InChI=1S/C19H22O2S.C11H15N.C7H6ClO2S.C6H15N/c1-3-7-17(18-8-5-4-6-9-18)14-15-22(20,21)19-12-10-16(2)11-13-19;1-2-6-11(9-12)10-7-4-3-5-8-10;1-6-2-4-7(5-3-6)11(8,9)10;1-4-7(5-2)6-3/h3-6,8-13,17H,1,7,14-15H2,2H3;2-5,7-8,11H,1,6,9,12H2;2-5H,1H2;4-6H2,1-3H3/q;;+1;. The Morgan fingerprint density at radius 2 is 1.25 bits per heavy atom. The van der Waals surface area contributed by atoms with Crippen molar-refractivity contribution in [3.05, 3.63) is 169 Å². The van der Waals surface area contributed by atoms with E-state index in [-0.39, 0.29) is 16.6 Å². The molecule has 52 heavy (non-hydrogen) atoms. The van der Waals surface area contributed by atoms with Crippen molar-refractivity contribution in [2.75, 3.05) is 31.9 Å². The van der Waals surface area contributed by atoms with Crippen LogP contribution in [0.5, 0.6) is 0 Å². The van der Waals surface area contributed by atoms with E-state index in [9.17, 15) is 16.8 Å². The first-order valence-electron chi connectivity index (χ1n) is 17.7. The predicted octanol–water partition coefficient (Wildman–Crippen LogP) is 9.94. The molecule has 1 aliphatic rings. The third kappa shape index (κ3) is 18.2. The summed E-state index contributed by atoms with van der Waals surface area (Å²) in [5.74, 6) is 0.784. The number of aryl methyl sites for hydroxylation is 1. The van der Waals surface area contributed by atoms with Crippen LogP contribution in [0.4, 0.5) is 0 Å². The van der Waals surface area contributed by atoms with E-state index < -0.39 is 18.9 Å². The average Bonchev–Trinajstić information content (AvgIpc) is 3.14. The van der Waals surface area contributed by atoms with E-state index in [1.54, 1.807) is 24.6 Å². The molecule has 6 nitrogen and oxygen atoms in total. The topological polar surface area (TPSA) is 97.5 Å². The van der Waals surface area contributed by atoms with Crippen molar-refractivity contribution in [3.8, 4) is 0 Å². The highest BCUT2D eigenvalue weighted by Gasteiger charge is 2.19. The van der Waals surface area contributed by atoms with Gasteiger partial charge in [-0.2, -0.15) is 8.42 Å². The SMILES string of the molecule is C=C1C=CC(S(=O)(=O)Cl)=C[CH+]1.C=CCC(CCS(=O)(=O)c1ccc(C)cc1)c1ccccc1.C=CCC(CN)c1ccccc1.CCN(CC)CC. The molecule has 0 aliphatic heterocycles. The minimum absolute atomic E-state index is 0.103. The Hall–Kier alpha value is -3.66. The monoisotopic (exact) mass is 765 g/mol. The number of sulfone groups is 1. The first-order valence-corrected chi connectivity index (χ1v) is 21.6. The van der Waals surface area contributed by atoms with Crippen LogP contribution >= 0.6 is 10.7 Å². The van der Waals surface area contributed by atoms with Crippen LogP contribution in [-0.4, -0.2) is 53.7 Å². The van der Waals surface area contributed by atoms with Crippen LogP contribution in [0.25, 0.3) is 0 Å². The lowest BCUT2D eigenvalue weighted by atomic mass is 9.93. The van der Waals surface area contributed by atoms with Gasteiger partial charge in [-0.05, 0) is 94.0 Å². The first-order chi connectivity index (χ1) is 24.8. The number of halogens is 1. The van der Waals surface area contributed by atoms with Gasteiger partial charge in [0.15, 0.2) is 14.7 Å². The summed E-state index contributed by atoms with van der Waals surface area (Å²) < 4.78 is 46.3. The van der Waals surface area contributed by atoms with E-state index in [1.165, 1.54) is 42.9 Å². The van der Waals surface area contributed by atoms with Gasteiger partial charge in [0.05, 0.1) is 16.2 Å². The van der Waals surface area contributed by atoms with Gasteiger partial charge >= 0.3 is 0 Å². The molecule has 0 spiro atoms. The lowest BCUT2D eigenvalue weighted by Gasteiger charge is -2.15. The molecule has 0 radical (unpaired) electrons. The van der Waals surface area contributed by atoms with Crippen molar-refractivity contribution < 1.29 is 16.8 Å². The molecule has 9 heteroatoms. The molecule has 3 aromatic carbocycles. The summed E-state index contributed by atoms with van der Waals surface area (Å²) in [6, 6.07) is 27.4. The fourth-order valence-corrected chi connectivity index (χ4v) is 7.28. The van der Waals surface area contributed by atoms with Gasteiger partial charge in [-0.1, -0.05) is 111 Å². The molecule has 1 aliphatic carbocycles. The maximum Gasteiger partial charge on any atom is 0.295 e. The number of nitrogens with zero attached hydrogens (tertiary/aromatic N) is 1. The van der Waals surface area contributed by atoms with E-state index in [0.717, 1.165) is 24.0 Å². The minimum Gasteiger partial charge on any atom is -0.330 e. The highest BCUT2D eigenvalue weighted by molar-refractivity contribution is 8.17. The molecular weight excluding hydrogens is 708 g/mol. The summed E-state index contributed by atoms with van der Waals surface area (Å²) in [5.41, 5.74) is 9.94. The van der Waals surface area contributed by atoms with E-state index in [4.69, 9.17) is 16.4 Å². The maximum atomic E-state index is 12.5. The number of hydrogen-bond acceptors (Lipinski definition) is 6. The second-order valence-corrected chi connectivity index (χ2v) is 16.8. The van der Waals surface area contributed by atoms with Crippen LogP contribution in [0.3, 0.4) is 0 Å². The molecule has 0 heterocycles. The quantitative estimate of drug-likeness (QED) is 0.0940. The van der Waals surface area contributed by atoms with Crippen LogP contribution in [0, 0.1) is 13.3 Å². The van der Waals surface area contributed by atoms with Gasteiger partial charge in [0.2, 0.25) is 0 Å². The fourth-order valence-electron chi connectivity index (χ4n) is 5.13. The number of allylic oxidation sites excluding steroid dienone is 6.